The Hall–Kier alpha value is -1.05. The van der Waals surface area contributed by atoms with Gasteiger partial charge in [-0.2, -0.15) is 0 Å². The molecule has 0 aromatic heterocycles. The van der Waals surface area contributed by atoms with Crippen molar-refractivity contribution in [2.24, 2.45) is 0 Å². The fourth-order valence-electron chi connectivity index (χ4n) is 2.01. The van der Waals surface area contributed by atoms with Crippen LogP contribution in [0.15, 0.2) is 24.3 Å². The summed E-state index contributed by atoms with van der Waals surface area (Å²) in [5.74, 6) is -0.167. The predicted octanol–water partition coefficient (Wildman–Crippen LogP) is 3.84. The highest BCUT2D eigenvalue weighted by Gasteiger charge is 2.13. The number of halogens is 1. The van der Waals surface area contributed by atoms with E-state index in [1.807, 2.05) is 12.1 Å². The first-order valence-electron chi connectivity index (χ1n) is 5.75. The third-order valence-corrected chi connectivity index (χ3v) is 2.88. The summed E-state index contributed by atoms with van der Waals surface area (Å²) in [6.45, 7) is 7.50. The number of nitrogens with zero attached hydrogens (tertiary/aromatic N) is 1. The Labute approximate surface area is 91.9 Å². The molecule has 0 spiro atoms. The molecule has 0 radical (unpaired) electrons. The summed E-state index contributed by atoms with van der Waals surface area (Å²) in [6, 6.07) is 7.33. The molecule has 1 rings (SSSR count). The highest BCUT2D eigenvalue weighted by molar-refractivity contribution is 5.47. The zero-order valence-electron chi connectivity index (χ0n) is 9.83. The summed E-state index contributed by atoms with van der Waals surface area (Å²) in [6.07, 6.45) is 2.25. The molecule has 0 atom stereocenters. The number of benzene rings is 1. The van der Waals surface area contributed by atoms with Crippen molar-refractivity contribution in [1.29, 1.82) is 0 Å². The standard InChI is InChI=1S/C13H20FN/c1-4-12(5-2)15(6-3)13-9-7-11(14)8-10-13/h7-10,12H,4-6H2,1-3H3. The average Bonchev–Trinajstić information content (AvgIpc) is 2.27. The van der Waals surface area contributed by atoms with Gasteiger partial charge < -0.3 is 4.90 Å². The second-order valence-electron chi connectivity index (χ2n) is 3.73. The van der Waals surface area contributed by atoms with Gasteiger partial charge in [0.1, 0.15) is 5.82 Å². The molecule has 1 aromatic carbocycles. The second-order valence-corrected chi connectivity index (χ2v) is 3.73. The van der Waals surface area contributed by atoms with E-state index in [1.165, 1.54) is 12.1 Å². The van der Waals surface area contributed by atoms with Crippen LogP contribution in [0.3, 0.4) is 0 Å². The number of hydrogen-bond donors (Lipinski definition) is 0. The van der Waals surface area contributed by atoms with Gasteiger partial charge in [0.25, 0.3) is 0 Å². The van der Waals surface area contributed by atoms with E-state index in [0.29, 0.717) is 6.04 Å². The van der Waals surface area contributed by atoms with E-state index in [-0.39, 0.29) is 5.82 Å². The van der Waals surface area contributed by atoms with Crippen molar-refractivity contribution in [2.75, 3.05) is 11.4 Å². The van der Waals surface area contributed by atoms with Crippen LogP contribution in [0, 0.1) is 5.82 Å². The quantitative estimate of drug-likeness (QED) is 0.712. The Kier molecular flexibility index (Phi) is 4.60. The Morgan fingerprint density at radius 3 is 2.00 bits per heavy atom. The Morgan fingerprint density at radius 2 is 1.60 bits per heavy atom. The van der Waals surface area contributed by atoms with Crippen molar-refractivity contribution in [3.63, 3.8) is 0 Å². The normalized spacial score (nSPS) is 10.7. The average molecular weight is 209 g/mol. The maximum Gasteiger partial charge on any atom is 0.123 e. The smallest absolute Gasteiger partial charge is 0.123 e. The third-order valence-electron chi connectivity index (χ3n) is 2.88. The largest absolute Gasteiger partial charge is 0.369 e. The molecule has 1 nitrogen and oxygen atoms in total. The van der Waals surface area contributed by atoms with Crippen LogP contribution in [0.4, 0.5) is 10.1 Å². The Bertz CT molecular complexity index is 277. The molecule has 0 amide bonds. The summed E-state index contributed by atoms with van der Waals surface area (Å²) in [4.78, 5) is 2.33. The minimum absolute atomic E-state index is 0.167. The first-order valence-corrected chi connectivity index (χ1v) is 5.75. The van der Waals surface area contributed by atoms with Gasteiger partial charge in [0, 0.05) is 18.3 Å². The minimum atomic E-state index is -0.167. The Morgan fingerprint density at radius 1 is 1.07 bits per heavy atom. The molecule has 84 valence electrons. The predicted molar refractivity (Wildman–Crippen MR) is 63.8 cm³/mol. The van der Waals surface area contributed by atoms with E-state index >= 15 is 0 Å². The van der Waals surface area contributed by atoms with E-state index in [4.69, 9.17) is 0 Å². The van der Waals surface area contributed by atoms with Crippen molar-refractivity contribution >= 4 is 5.69 Å². The highest BCUT2D eigenvalue weighted by atomic mass is 19.1. The lowest BCUT2D eigenvalue weighted by Crippen LogP contribution is -2.34. The molecule has 0 heterocycles. The molecule has 0 unspecified atom stereocenters. The fourth-order valence-corrected chi connectivity index (χ4v) is 2.01. The van der Waals surface area contributed by atoms with Crippen molar-refractivity contribution in [3.8, 4) is 0 Å². The fraction of sp³-hybridized carbons (Fsp3) is 0.538. The zero-order valence-corrected chi connectivity index (χ0v) is 9.83. The SMILES string of the molecule is CCC(CC)N(CC)c1ccc(F)cc1. The lowest BCUT2D eigenvalue weighted by atomic mass is 10.1. The molecule has 0 fully saturated rings. The molecule has 0 bridgehead atoms. The summed E-state index contributed by atoms with van der Waals surface area (Å²) in [5.41, 5.74) is 1.12. The van der Waals surface area contributed by atoms with Crippen molar-refractivity contribution in [1.82, 2.24) is 0 Å². The minimum Gasteiger partial charge on any atom is -0.369 e. The molecule has 15 heavy (non-hydrogen) atoms. The van der Waals surface area contributed by atoms with Gasteiger partial charge in [0.2, 0.25) is 0 Å². The van der Waals surface area contributed by atoms with Crippen molar-refractivity contribution < 1.29 is 4.39 Å². The van der Waals surface area contributed by atoms with E-state index in [9.17, 15) is 4.39 Å². The maximum absolute atomic E-state index is 12.8. The number of anilines is 1. The first kappa shape index (κ1) is 12.0. The Balaban J connectivity index is 2.86. The van der Waals surface area contributed by atoms with Crippen LogP contribution in [-0.4, -0.2) is 12.6 Å². The third kappa shape index (κ3) is 2.95. The summed E-state index contributed by atoms with van der Waals surface area (Å²) in [7, 11) is 0. The topological polar surface area (TPSA) is 3.24 Å². The molecular formula is C13H20FN. The van der Waals surface area contributed by atoms with Crippen LogP contribution in [0.25, 0.3) is 0 Å². The summed E-state index contributed by atoms with van der Waals surface area (Å²) in [5, 5.41) is 0. The molecule has 0 saturated carbocycles. The van der Waals surface area contributed by atoms with Crippen LogP contribution in [0.5, 0.6) is 0 Å². The molecule has 0 aliphatic rings. The van der Waals surface area contributed by atoms with Crippen LogP contribution >= 0.6 is 0 Å². The van der Waals surface area contributed by atoms with Crippen LogP contribution in [0.2, 0.25) is 0 Å². The van der Waals surface area contributed by atoms with Crippen LogP contribution in [-0.2, 0) is 0 Å². The molecule has 0 saturated heterocycles. The van der Waals surface area contributed by atoms with Gasteiger partial charge in [-0.15, -0.1) is 0 Å². The first-order chi connectivity index (χ1) is 7.22. The number of hydrogen-bond acceptors (Lipinski definition) is 1. The molecule has 1 aromatic rings. The zero-order chi connectivity index (χ0) is 11.3. The number of rotatable bonds is 5. The molecule has 2 heteroatoms. The maximum atomic E-state index is 12.8. The van der Waals surface area contributed by atoms with Gasteiger partial charge in [-0.1, -0.05) is 13.8 Å². The molecular weight excluding hydrogens is 189 g/mol. The van der Waals surface area contributed by atoms with E-state index in [0.717, 1.165) is 25.1 Å². The van der Waals surface area contributed by atoms with E-state index < -0.39 is 0 Å². The monoisotopic (exact) mass is 209 g/mol. The van der Waals surface area contributed by atoms with Crippen LogP contribution < -0.4 is 4.90 Å². The summed E-state index contributed by atoms with van der Waals surface area (Å²) < 4.78 is 12.8. The van der Waals surface area contributed by atoms with E-state index in [2.05, 4.69) is 25.7 Å². The van der Waals surface area contributed by atoms with Crippen LogP contribution in [0.1, 0.15) is 33.6 Å². The van der Waals surface area contributed by atoms with Gasteiger partial charge in [-0.25, -0.2) is 4.39 Å². The summed E-state index contributed by atoms with van der Waals surface area (Å²) >= 11 is 0. The molecule has 0 N–H and O–H groups in total. The van der Waals surface area contributed by atoms with Gasteiger partial charge in [0.05, 0.1) is 0 Å². The van der Waals surface area contributed by atoms with E-state index in [1.54, 1.807) is 0 Å². The lowest BCUT2D eigenvalue weighted by Gasteiger charge is -2.31. The lowest BCUT2D eigenvalue weighted by molar-refractivity contribution is 0.565. The van der Waals surface area contributed by atoms with Crippen molar-refractivity contribution in [3.05, 3.63) is 30.1 Å². The second kappa shape index (κ2) is 5.74. The van der Waals surface area contributed by atoms with Gasteiger partial charge in [0.15, 0.2) is 0 Å². The van der Waals surface area contributed by atoms with Gasteiger partial charge in [-0.05, 0) is 44.0 Å². The highest BCUT2D eigenvalue weighted by Crippen LogP contribution is 2.20. The van der Waals surface area contributed by atoms with Gasteiger partial charge >= 0.3 is 0 Å². The molecule has 0 aliphatic heterocycles. The molecule has 0 aliphatic carbocycles. The van der Waals surface area contributed by atoms with Gasteiger partial charge in [-0.3, -0.25) is 0 Å². The van der Waals surface area contributed by atoms with Crippen molar-refractivity contribution in [2.45, 2.75) is 39.7 Å².